The molecule has 1 atom stereocenters. The van der Waals surface area contributed by atoms with Gasteiger partial charge in [0, 0.05) is 5.70 Å². The summed E-state index contributed by atoms with van der Waals surface area (Å²) in [6.45, 7) is 5.83. The normalized spacial score (nSPS) is 16.8. The molecule has 2 amide bonds. The molecule has 1 aliphatic heterocycles. The number of benzene rings is 1. The van der Waals surface area contributed by atoms with E-state index in [9.17, 15) is 9.59 Å². The number of hydrogen-bond acceptors (Lipinski definition) is 5. The van der Waals surface area contributed by atoms with Crippen LogP contribution >= 0.6 is 11.6 Å². The first kappa shape index (κ1) is 18.9. The Morgan fingerprint density at radius 3 is 2.60 bits per heavy atom. The number of rotatable bonds is 6. The highest BCUT2D eigenvalue weighted by molar-refractivity contribution is 6.32. The lowest BCUT2D eigenvalue weighted by Crippen LogP contribution is -2.45. The minimum Gasteiger partial charge on any atom is -0.491 e. The number of nitrogens with one attached hydrogen (secondary N) is 2. The van der Waals surface area contributed by atoms with Crippen molar-refractivity contribution in [2.75, 3.05) is 20.3 Å². The van der Waals surface area contributed by atoms with Crippen LogP contribution in [0.2, 0.25) is 5.02 Å². The molecule has 25 heavy (non-hydrogen) atoms. The maximum atomic E-state index is 12.4. The number of urea groups is 1. The fraction of sp³-hybridized carbons (Fsp3) is 0.412. The number of halogens is 1. The van der Waals surface area contributed by atoms with Crippen LogP contribution in [-0.2, 0) is 9.53 Å². The van der Waals surface area contributed by atoms with Crippen LogP contribution in [0.3, 0.4) is 0 Å². The summed E-state index contributed by atoms with van der Waals surface area (Å²) < 4.78 is 15.9. The number of esters is 1. The van der Waals surface area contributed by atoms with E-state index in [2.05, 4.69) is 10.6 Å². The lowest BCUT2D eigenvalue weighted by Gasteiger charge is -2.28. The van der Waals surface area contributed by atoms with E-state index in [0.717, 1.165) is 0 Å². The van der Waals surface area contributed by atoms with Crippen molar-refractivity contribution < 1.29 is 23.8 Å². The van der Waals surface area contributed by atoms with Crippen LogP contribution in [0.1, 0.15) is 32.4 Å². The van der Waals surface area contributed by atoms with Crippen molar-refractivity contribution >= 4 is 23.6 Å². The molecule has 0 bridgehead atoms. The van der Waals surface area contributed by atoms with Crippen LogP contribution in [0.25, 0.3) is 0 Å². The van der Waals surface area contributed by atoms with E-state index in [1.54, 1.807) is 26.0 Å². The second-order valence-corrected chi connectivity index (χ2v) is 5.66. The highest BCUT2D eigenvalue weighted by atomic mass is 35.5. The van der Waals surface area contributed by atoms with Gasteiger partial charge in [0.1, 0.15) is 0 Å². The summed E-state index contributed by atoms with van der Waals surface area (Å²) >= 11 is 6.29. The molecule has 0 radical (unpaired) electrons. The average Bonchev–Trinajstić information content (AvgIpc) is 2.54. The van der Waals surface area contributed by atoms with Crippen molar-refractivity contribution in [3.05, 3.63) is 34.0 Å². The van der Waals surface area contributed by atoms with Crippen molar-refractivity contribution in [1.82, 2.24) is 10.6 Å². The number of methoxy groups -OCH3 is 1. The Bertz CT molecular complexity index is 717. The Kier molecular flexibility index (Phi) is 6.14. The monoisotopic (exact) mass is 368 g/mol. The van der Waals surface area contributed by atoms with Crippen LogP contribution in [-0.4, -0.2) is 32.3 Å². The zero-order valence-electron chi connectivity index (χ0n) is 14.6. The number of amides is 2. The third-order valence-electron chi connectivity index (χ3n) is 3.63. The Morgan fingerprint density at radius 2 is 2.00 bits per heavy atom. The molecule has 2 N–H and O–H groups in total. The molecular formula is C17H21ClN2O5. The zero-order chi connectivity index (χ0) is 18.6. The number of allylic oxidation sites excluding steroid dienone is 1. The lowest BCUT2D eigenvalue weighted by molar-refractivity contribution is -0.139. The smallest absolute Gasteiger partial charge is 0.338 e. The summed E-state index contributed by atoms with van der Waals surface area (Å²) in [5.41, 5.74) is 1.33. The number of ether oxygens (including phenoxy) is 3. The fourth-order valence-electron chi connectivity index (χ4n) is 2.64. The van der Waals surface area contributed by atoms with Crippen molar-refractivity contribution in [3.8, 4) is 11.5 Å². The molecule has 8 heteroatoms. The molecule has 0 spiro atoms. The van der Waals surface area contributed by atoms with Crippen molar-refractivity contribution in [2.45, 2.75) is 26.8 Å². The van der Waals surface area contributed by atoms with Crippen LogP contribution in [0.5, 0.6) is 11.5 Å². The molecule has 1 aliphatic rings. The molecule has 136 valence electrons. The molecule has 0 aliphatic carbocycles. The molecule has 0 saturated heterocycles. The first-order valence-electron chi connectivity index (χ1n) is 7.88. The predicted octanol–water partition coefficient (Wildman–Crippen LogP) is 2.94. The van der Waals surface area contributed by atoms with Gasteiger partial charge in [-0.2, -0.15) is 0 Å². The maximum Gasteiger partial charge on any atom is 0.338 e. The molecule has 0 fully saturated rings. The molecule has 1 aromatic carbocycles. The Hall–Kier alpha value is -2.41. The van der Waals surface area contributed by atoms with Gasteiger partial charge < -0.3 is 24.8 Å². The summed E-state index contributed by atoms with van der Waals surface area (Å²) in [6.07, 6.45) is 0. The quantitative estimate of drug-likeness (QED) is 0.754. The first-order chi connectivity index (χ1) is 11.9. The van der Waals surface area contributed by atoms with E-state index in [4.69, 9.17) is 25.8 Å². The summed E-state index contributed by atoms with van der Waals surface area (Å²) in [6, 6.07) is 2.19. The standard InChI is InChI=1S/C17H21ClN2O5/c1-5-24-12-8-10(7-11(18)15(12)23-4)14-13(16(21)25-6-2)9(3)19-17(22)20-14/h7-8,14H,5-6H2,1-4H3,(H2,19,20,22). The van der Waals surface area contributed by atoms with Gasteiger partial charge in [0.15, 0.2) is 11.5 Å². The van der Waals surface area contributed by atoms with Crippen molar-refractivity contribution in [1.29, 1.82) is 0 Å². The van der Waals surface area contributed by atoms with Gasteiger partial charge in [-0.25, -0.2) is 9.59 Å². The summed E-state index contributed by atoms with van der Waals surface area (Å²) in [5, 5.41) is 5.62. The second kappa shape index (κ2) is 8.11. The Labute approximate surface area is 151 Å². The number of hydrogen-bond donors (Lipinski definition) is 2. The van der Waals surface area contributed by atoms with Gasteiger partial charge in [0.05, 0.1) is 37.0 Å². The summed E-state index contributed by atoms with van der Waals surface area (Å²) in [7, 11) is 1.49. The van der Waals surface area contributed by atoms with Crippen molar-refractivity contribution in [2.24, 2.45) is 0 Å². The minimum absolute atomic E-state index is 0.226. The predicted molar refractivity (Wildman–Crippen MR) is 92.9 cm³/mol. The Balaban J connectivity index is 2.55. The zero-order valence-corrected chi connectivity index (χ0v) is 15.3. The van der Waals surface area contributed by atoms with Gasteiger partial charge >= 0.3 is 12.0 Å². The van der Waals surface area contributed by atoms with E-state index in [-0.39, 0.29) is 6.61 Å². The van der Waals surface area contributed by atoms with Gasteiger partial charge in [0.2, 0.25) is 0 Å². The van der Waals surface area contributed by atoms with Crippen molar-refractivity contribution in [3.63, 3.8) is 0 Å². The largest absolute Gasteiger partial charge is 0.491 e. The summed E-state index contributed by atoms with van der Waals surface area (Å²) in [4.78, 5) is 24.3. The topological polar surface area (TPSA) is 85.9 Å². The SMILES string of the molecule is CCOC(=O)C1=C(C)NC(=O)NC1c1cc(Cl)c(OC)c(OCC)c1. The molecule has 0 aromatic heterocycles. The highest BCUT2D eigenvalue weighted by Crippen LogP contribution is 2.40. The van der Waals surface area contributed by atoms with E-state index >= 15 is 0 Å². The maximum absolute atomic E-state index is 12.4. The van der Waals surface area contributed by atoms with Crippen LogP contribution in [0, 0.1) is 0 Å². The number of carbonyl (C=O) groups is 2. The minimum atomic E-state index is -0.713. The third-order valence-corrected chi connectivity index (χ3v) is 3.91. The average molecular weight is 369 g/mol. The van der Waals surface area contributed by atoms with E-state index in [1.165, 1.54) is 7.11 Å². The highest BCUT2D eigenvalue weighted by Gasteiger charge is 2.33. The van der Waals surface area contributed by atoms with Gasteiger partial charge in [-0.1, -0.05) is 11.6 Å². The van der Waals surface area contributed by atoms with Gasteiger partial charge in [-0.3, -0.25) is 0 Å². The summed E-state index contributed by atoms with van der Waals surface area (Å²) in [5.74, 6) is 0.314. The molecule has 0 saturated carbocycles. The van der Waals surface area contributed by atoms with Gasteiger partial charge in [-0.05, 0) is 38.5 Å². The molecule has 7 nitrogen and oxygen atoms in total. The van der Waals surface area contributed by atoms with Crippen LogP contribution < -0.4 is 20.1 Å². The number of carbonyl (C=O) groups excluding carboxylic acids is 2. The molecule has 1 aromatic rings. The second-order valence-electron chi connectivity index (χ2n) is 5.26. The molecule has 2 rings (SSSR count). The van der Waals surface area contributed by atoms with Gasteiger partial charge in [0.25, 0.3) is 0 Å². The third kappa shape index (κ3) is 3.99. The van der Waals surface area contributed by atoms with E-state index in [0.29, 0.717) is 40.0 Å². The molecular weight excluding hydrogens is 348 g/mol. The fourth-order valence-corrected chi connectivity index (χ4v) is 2.94. The molecule has 1 heterocycles. The first-order valence-corrected chi connectivity index (χ1v) is 8.26. The van der Waals surface area contributed by atoms with E-state index < -0.39 is 18.0 Å². The lowest BCUT2D eigenvalue weighted by atomic mass is 9.95. The van der Waals surface area contributed by atoms with Crippen LogP contribution in [0.15, 0.2) is 23.4 Å². The van der Waals surface area contributed by atoms with Gasteiger partial charge in [-0.15, -0.1) is 0 Å². The molecule has 1 unspecified atom stereocenters. The Morgan fingerprint density at radius 1 is 1.28 bits per heavy atom. The van der Waals surface area contributed by atoms with E-state index in [1.807, 2.05) is 6.92 Å². The van der Waals surface area contributed by atoms with Crippen LogP contribution in [0.4, 0.5) is 4.79 Å².